The summed E-state index contributed by atoms with van der Waals surface area (Å²) in [5.74, 6) is 0.434. The predicted octanol–water partition coefficient (Wildman–Crippen LogP) is 2.82. The third-order valence-corrected chi connectivity index (χ3v) is 6.47. The summed E-state index contributed by atoms with van der Waals surface area (Å²) < 4.78 is 0. The maximum absolute atomic E-state index is 9.62. The van der Waals surface area contributed by atoms with Crippen molar-refractivity contribution in [2.24, 2.45) is 0 Å². The van der Waals surface area contributed by atoms with Gasteiger partial charge in [-0.2, -0.15) is 0 Å². The fourth-order valence-electron chi connectivity index (χ4n) is 3.66. The molecule has 3 atom stereocenters. The van der Waals surface area contributed by atoms with Crippen LogP contribution in [0.3, 0.4) is 0 Å². The van der Waals surface area contributed by atoms with Gasteiger partial charge in [0.1, 0.15) is 0 Å². The van der Waals surface area contributed by atoms with Gasteiger partial charge in [-0.3, -0.25) is 4.90 Å². The molecular weight excluding hydrogens is 282 g/mol. The van der Waals surface area contributed by atoms with Crippen LogP contribution in [-0.2, 0) is 6.61 Å². The summed E-state index contributed by atoms with van der Waals surface area (Å²) in [4.78, 5) is 11.0. The van der Waals surface area contributed by atoms with Crippen LogP contribution in [0.2, 0.25) is 0 Å². The molecule has 1 N–H and O–H groups in total. The lowest BCUT2D eigenvalue weighted by Gasteiger charge is -2.25. The van der Waals surface area contributed by atoms with Crippen molar-refractivity contribution in [2.45, 2.75) is 64.1 Å². The number of rotatable bonds is 4. The molecule has 0 spiro atoms. The van der Waals surface area contributed by atoms with Crippen molar-refractivity contribution in [3.8, 4) is 0 Å². The Bertz CT molecular complexity index is 490. The second-order valence-electron chi connectivity index (χ2n) is 6.56. The van der Waals surface area contributed by atoms with Gasteiger partial charge in [-0.05, 0) is 38.6 Å². The Hall–Kier alpha value is -0.650. The highest BCUT2D eigenvalue weighted by Crippen LogP contribution is 2.35. The molecule has 4 nitrogen and oxygen atoms in total. The third-order valence-electron chi connectivity index (χ3n) is 5.36. The fraction of sp³-hybridized carbons (Fsp3) is 0.812. The van der Waals surface area contributed by atoms with E-state index < -0.39 is 0 Å². The van der Waals surface area contributed by atoms with Gasteiger partial charge in [0.05, 0.1) is 17.2 Å². The SMILES string of the molecule is CCC(C)c1nc(N2CCC3CCC(C2)N3C)sc1CO. The van der Waals surface area contributed by atoms with Crippen molar-refractivity contribution >= 4 is 16.5 Å². The molecule has 118 valence electrons. The Labute approximate surface area is 131 Å². The lowest BCUT2D eigenvalue weighted by molar-refractivity contribution is 0.254. The maximum Gasteiger partial charge on any atom is 0.185 e. The van der Waals surface area contributed by atoms with Crippen LogP contribution in [-0.4, -0.2) is 47.2 Å². The van der Waals surface area contributed by atoms with Crippen LogP contribution in [0.5, 0.6) is 0 Å². The number of hydrogen-bond donors (Lipinski definition) is 1. The first kappa shape index (κ1) is 15.3. The van der Waals surface area contributed by atoms with E-state index in [1.54, 1.807) is 11.3 Å². The standard InChI is InChI=1S/C16H27N3OS/c1-4-11(2)15-14(10-20)21-16(17-15)19-8-7-12-5-6-13(9-19)18(12)3/h11-13,20H,4-10H2,1-3H3. The van der Waals surface area contributed by atoms with Gasteiger partial charge in [-0.1, -0.05) is 25.2 Å². The maximum atomic E-state index is 9.62. The van der Waals surface area contributed by atoms with E-state index in [1.807, 2.05) is 0 Å². The van der Waals surface area contributed by atoms with E-state index in [1.165, 1.54) is 19.3 Å². The molecule has 0 saturated carbocycles. The van der Waals surface area contributed by atoms with Crippen LogP contribution in [0.4, 0.5) is 5.13 Å². The summed E-state index contributed by atoms with van der Waals surface area (Å²) >= 11 is 1.69. The molecule has 2 bridgehead atoms. The first-order valence-corrected chi connectivity index (χ1v) is 9.03. The van der Waals surface area contributed by atoms with Gasteiger partial charge >= 0.3 is 0 Å². The van der Waals surface area contributed by atoms with Gasteiger partial charge in [0.15, 0.2) is 5.13 Å². The molecule has 3 unspecified atom stereocenters. The van der Waals surface area contributed by atoms with Gasteiger partial charge in [0.2, 0.25) is 0 Å². The Morgan fingerprint density at radius 2 is 2.10 bits per heavy atom. The monoisotopic (exact) mass is 309 g/mol. The Morgan fingerprint density at radius 3 is 2.81 bits per heavy atom. The minimum absolute atomic E-state index is 0.122. The highest BCUT2D eigenvalue weighted by Gasteiger charge is 2.35. The summed E-state index contributed by atoms with van der Waals surface area (Å²) in [6, 6.07) is 1.43. The van der Waals surface area contributed by atoms with E-state index in [9.17, 15) is 5.11 Å². The van der Waals surface area contributed by atoms with E-state index in [-0.39, 0.29) is 6.61 Å². The molecule has 0 amide bonds. The predicted molar refractivity (Wildman–Crippen MR) is 88.1 cm³/mol. The molecular formula is C16H27N3OS. The highest BCUT2D eigenvalue weighted by molar-refractivity contribution is 7.15. The number of fused-ring (bicyclic) bond motifs is 2. The van der Waals surface area contributed by atoms with Crippen molar-refractivity contribution in [3.05, 3.63) is 10.6 Å². The van der Waals surface area contributed by atoms with Gasteiger partial charge < -0.3 is 10.0 Å². The number of likely N-dealkylation sites (N-methyl/N-ethyl adjacent to an activating group) is 1. The molecule has 2 fully saturated rings. The summed E-state index contributed by atoms with van der Waals surface area (Å²) in [5, 5.41) is 10.7. The van der Waals surface area contributed by atoms with Gasteiger partial charge in [0.25, 0.3) is 0 Å². The topological polar surface area (TPSA) is 39.6 Å². The van der Waals surface area contributed by atoms with Gasteiger partial charge in [-0.15, -0.1) is 0 Å². The first-order chi connectivity index (χ1) is 10.1. The largest absolute Gasteiger partial charge is 0.391 e. The van der Waals surface area contributed by atoms with Crippen molar-refractivity contribution < 1.29 is 5.11 Å². The number of aliphatic hydroxyl groups excluding tert-OH is 1. The third kappa shape index (κ3) is 2.83. The number of aromatic nitrogens is 1. The van der Waals surface area contributed by atoms with Crippen molar-refractivity contribution in [1.29, 1.82) is 0 Å². The molecule has 5 heteroatoms. The van der Waals surface area contributed by atoms with Crippen molar-refractivity contribution in [2.75, 3.05) is 25.0 Å². The molecule has 3 rings (SSSR count). The Morgan fingerprint density at radius 1 is 1.33 bits per heavy atom. The van der Waals surface area contributed by atoms with Crippen LogP contribution in [0, 0.1) is 0 Å². The van der Waals surface area contributed by atoms with E-state index in [2.05, 4.69) is 30.7 Å². The molecule has 21 heavy (non-hydrogen) atoms. The number of anilines is 1. The second-order valence-corrected chi connectivity index (χ2v) is 7.62. The molecule has 2 aliphatic rings. The zero-order valence-electron chi connectivity index (χ0n) is 13.4. The van der Waals surface area contributed by atoms with Crippen LogP contribution in [0.15, 0.2) is 0 Å². The second kappa shape index (κ2) is 6.23. The molecule has 1 aromatic rings. The Balaban J connectivity index is 1.82. The lowest BCUT2D eigenvalue weighted by atomic mass is 10.0. The highest BCUT2D eigenvalue weighted by atomic mass is 32.1. The minimum Gasteiger partial charge on any atom is -0.391 e. The average molecular weight is 309 g/mol. The molecule has 0 radical (unpaired) electrons. The number of aliphatic hydroxyl groups is 1. The summed E-state index contributed by atoms with van der Waals surface area (Å²) in [6.07, 6.45) is 4.98. The Kier molecular flexibility index (Phi) is 4.52. The fourth-order valence-corrected chi connectivity index (χ4v) is 4.74. The van der Waals surface area contributed by atoms with Gasteiger partial charge in [-0.25, -0.2) is 4.98 Å². The van der Waals surface area contributed by atoms with E-state index in [4.69, 9.17) is 4.98 Å². The van der Waals surface area contributed by atoms with E-state index >= 15 is 0 Å². The first-order valence-electron chi connectivity index (χ1n) is 8.21. The van der Waals surface area contributed by atoms with Gasteiger partial charge in [0, 0.05) is 25.2 Å². The van der Waals surface area contributed by atoms with Crippen LogP contribution < -0.4 is 4.90 Å². The van der Waals surface area contributed by atoms with E-state index in [0.717, 1.165) is 41.3 Å². The summed E-state index contributed by atoms with van der Waals surface area (Å²) in [5.41, 5.74) is 1.11. The van der Waals surface area contributed by atoms with Crippen LogP contribution >= 0.6 is 11.3 Å². The van der Waals surface area contributed by atoms with Crippen molar-refractivity contribution in [1.82, 2.24) is 9.88 Å². The number of thiazole rings is 1. The van der Waals surface area contributed by atoms with Crippen molar-refractivity contribution in [3.63, 3.8) is 0 Å². The molecule has 1 aromatic heterocycles. The lowest BCUT2D eigenvalue weighted by Crippen LogP contribution is -2.36. The summed E-state index contributed by atoms with van der Waals surface area (Å²) in [6.45, 7) is 6.70. The smallest absolute Gasteiger partial charge is 0.185 e. The average Bonchev–Trinajstić information content (AvgIpc) is 3.00. The minimum atomic E-state index is 0.122. The quantitative estimate of drug-likeness (QED) is 0.928. The molecule has 2 aliphatic heterocycles. The zero-order chi connectivity index (χ0) is 15.0. The number of nitrogens with zero attached hydrogens (tertiary/aromatic N) is 3. The molecule has 0 aromatic carbocycles. The zero-order valence-corrected chi connectivity index (χ0v) is 14.2. The van der Waals surface area contributed by atoms with E-state index in [0.29, 0.717) is 12.0 Å². The molecule has 2 saturated heterocycles. The van der Waals surface area contributed by atoms with Crippen LogP contribution in [0.1, 0.15) is 56.0 Å². The number of hydrogen-bond acceptors (Lipinski definition) is 5. The van der Waals surface area contributed by atoms with Crippen LogP contribution in [0.25, 0.3) is 0 Å². The molecule has 0 aliphatic carbocycles. The summed E-state index contributed by atoms with van der Waals surface area (Å²) in [7, 11) is 2.28. The molecule has 3 heterocycles. The normalized spacial score (nSPS) is 27.9.